The number of nitrogens with zero attached hydrogens (tertiary/aromatic N) is 3. The highest BCUT2D eigenvalue weighted by Gasteiger charge is 2.57. The largest absolute Gasteiger partial charge is 0.396 e. The quantitative estimate of drug-likeness (QED) is 0.712. The third kappa shape index (κ3) is 3.73. The van der Waals surface area contributed by atoms with Crippen LogP contribution in [0.2, 0.25) is 0 Å². The van der Waals surface area contributed by atoms with Gasteiger partial charge in [0.05, 0.1) is 18.3 Å². The lowest BCUT2D eigenvalue weighted by atomic mass is 9.50. The second-order valence-electron chi connectivity index (χ2n) is 10.4. The van der Waals surface area contributed by atoms with Gasteiger partial charge in [0.2, 0.25) is 0 Å². The number of ketones is 1. The predicted molar refractivity (Wildman–Crippen MR) is 115 cm³/mol. The molecule has 1 aromatic rings. The molecule has 7 atom stereocenters. The molecule has 30 heavy (non-hydrogen) atoms. The molecule has 3 aliphatic carbocycles. The van der Waals surface area contributed by atoms with Gasteiger partial charge in [-0.3, -0.25) is 9.48 Å². The zero-order valence-corrected chi connectivity index (χ0v) is 18.6. The number of fused-ring (bicyclic) bond motifs is 3. The van der Waals surface area contributed by atoms with Gasteiger partial charge in [-0.1, -0.05) is 20.3 Å². The number of rotatable bonds is 7. The van der Waals surface area contributed by atoms with E-state index in [2.05, 4.69) is 25.0 Å². The normalized spacial score (nSPS) is 37.9. The fraction of sp³-hybridized carbons (Fsp3) is 0.800. The van der Waals surface area contributed by atoms with Gasteiger partial charge in [0.25, 0.3) is 0 Å². The van der Waals surface area contributed by atoms with E-state index in [1.54, 1.807) is 10.9 Å². The molecule has 1 aromatic heterocycles. The third-order valence-corrected chi connectivity index (χ3v) is 9.21. The smallest absolute Gasteiger partial charge is 0.157 e. The zero-order valence-electron chi connectivity index (χ0n) is 18.6. The molecule has 3 saturated carbocycles. The number of aromatic nitrogens is 2. The number of nitriles is 1. The first-order valence-corrected chi connectivity index (χ1v) is 12.1. The molecular formula is C25H37N3O2. The van der Waals surface area contributed by atoms with Crippen LogP contribution < -0.4 is 0 Å². The van der Waals surface area contributed by atoms with Crippen LogP contribution in [0.4, 0.5) is 0 Å². The predicted octanol–water partition coefficient (Wildman–Crippen LogP) is 4.59. The van der Waals surface area contributed by atoms with E-state index in [4.69, 9.17) is 5.26 Å². The van der Waals surface area contributed by atoms with Gasteiger partial charge in [-0.05, 0) is 86.4 Å². The number of hydrogen-bond donors (Lipinski definition) is 1. The first-order chi connectivity index (χ1) is 14.5. The van der Waals surface area contributed by atoms with Gasteiger partial charge in [-0.25, -0.2) is 0 Å². The average molecular weight is 412 g/mol. The number of carbonyl (C=O) groups is 1. The summed E-state index contributed by atoms with van der Waals surface area (Å²) in [6, 6.07) is 2.09. The van der Waals surface area contributed by atoms with Crippen molar-refractivity contribution in [2.45, 2.75) is 78.2 Å². The highest BCUT2D eigenvalue weighted by Crippen LogP contribution is 2.63. The Morgan fingerprint density at radius 1 is 1.30 bits per heavy atom. The van der Waals surface area contributed by atoms with Gasteiger partial charge in [-0.15, -0.1) is 0 Å². The number of Topliss-reactive ketones (excluding diaryl/α,β-unsaturated/α-hetero) is 1. The Balaban J connectivity index is 1.49. The average Bonchev–Trinajstić information content (AvgIpc) is 3.35. The second kappa shape index (κ2) is 8.83. The molecule has 0 bridgehead atoms. The van der Waals surface area contributed by atoms with E-state index in [0.29, 0.717) is 30.4 Å². The molecule has 3 fully saturated rings. The maximum absolute atomic E-state index is 13.3. The number of carbonyl (C=O) groups excluding carboxylic acids is 1. The van der Waals surface area contributed by atoms with Gasteiger partial charge in [-0.2, -0.15) is 10.4 Å². The van der Waals surface area contributed by atoms with Crippen LogP contribution in [-0.4, -0.2) is 27.3 Å². The van der Waals surface area contributed by atoms with Crippen molar-refractivity contribution in [3.8, 4) is 6.07 Å². The second-order valence-corrected chi connectivity index (χ2v) is 10.4. The summed E-state index contributed by atoms with van der Waals surface area (Å²) in [5.41, 5.74) is 0.629. The van der Waals surface area contributed by atoms with Gasteiger partial charge >= 0.3 is 0 Å². The van der Waals surface area contributed by atoms with Crippen molar-refractivity contribution in [1.82, 2.24) is 9.78 Å². The Morgan fingerprint density at radius 3 is 2.83 bits per heavy atom. The van der Waals surface area contributed by atoms with E-state index in [0.717, 1.165) is 42.9 Å². The third-order valence-electron chi connectivity index (χ3n) is 9.21. The van der Waals surface area contributed by atoms with Crippen molar-refractivity contribution in [1.29, 1.82) is 5.26 Å². The molecule has 5 heteroatoms. The van der Waals surface area contributed by atoms with Gasteiger partial charge in [0, 0.05) is 18.7 Å². The van der Waals surface area contributed by atoms with Crippen LogP contribution in [0, 0.1) is 52.3 Å². The van der Waals surface area contributed by atoms with E-state index >= 15 is 0 Å². The van der Waals surface area contributed by atoms with Crippen molar-refractivity contribution < 1.29 is 9.90 Å². The molecule has 1 N–H and O–H groups in total. The SMILES string of the molecule is CC[C@H]1CC[C@@H]2[C@H](CC[C@]3(C)[C@@H](C(=O)Cn4cc(C#N)cn4)CC[C@@H]23)[C@H]1CCCO. The number of aliphatic hydroxyl groups excluding tert-OH is 1. The van der Waals surface area contributed by atoms with E-state index in [1.165, 1.54) is 44.7 Å². The molecule has 0 saturated heterocycles. The summed E-state index contributed by atoms with van der Waals surface area (Å²) in [7, 11) is 0. The molecule has 0 spiro atoms. The minimum Gasteiger partial charge on any atom is -0.396 e. The van der Waals surface area contributed by atoms with Gasteiger partial charge in [0.1, 0.15) is 6.07 Å². The number of hydrogen-bond acceptors (Lipinski definition) is 4. The summed E-state index contributed by atoms with van der Waals surface area (Å²) in [5.74, 6) is 4.19. The molecule has 1 heterocycles. The molecule has 0 amide bonds. The van der Waals surface area contributed by atoms with Crippen LogP contribution in [0.3, 0.4) is 0 Å². The molecular weight excluding hydrogens is 374 g/mol. The van der Waals surface area contributed by atoms with Gasteiger partial charge in [0.15, 0.2) is 5.78 Å². The molecule has 164 valence electrons. The van der Waals surface area contributed by atoms with Crippen molar-refractivity contribution in [3.05, 3.63) is 18.0 Å². The van der Waals surface area contributed by atoms with Gasteiger partial charge < -0.3 is 5.11 Å². The van der Waals surface area contributed by atoms with E-state index in [9.17, 15) is 9.90 Å². The van der Waals surface area contributed by atoms with Crippen molar-refractivity contribution in [2.75, 3.05) is 6.61 Å². The summed E-state index contributed by atoms with van der Waals surface area (Å²) in [5, 5.41) is 22.6. The highest BCUT2D eigenvalue weighted by molar-refractivity contribution is 5.82. The Hall–Kier alpha value is -1.67. The Morgan fingerprint density at radius 2 is 2.13 bits per heavy atom. The summed E-state index contributed by atoms with van der Waals surface area (Å²) >= 11 is 0. The summed E-state index contributed by atoms with van der Waals surface area (Å²) < 4.78 is 1.64. The minimum absolute atomic E-state index is 0.115. The molecule has 3 aliphatic rings. The lowest BCUT2D eigenvalue weighted by Crippen LogP contribution is -2.48. The van der Waals surface area contributed by atoms with Crippen LogP contribution in [0.15, 0.2) is 12.4 Å². The lowest BCUT2D eigenvalue weighted by molar-refractivity contribution is -0.130. The molecule has 4 rings (SSSR count). The van der Waals surface area contributed by atoms with Crippen molar-refractivity contribution in [2.24, 2.45) is 40.9 Å². The van der Waals surface area contributed by atoms with Crippen LogP contribution in [0.25, 0.3) is 0 Å². The first-order valence-electron chi connectivity index (χ1n) is 12.1. The van der Waals surface area contributed by atoms with Crippen molar-refractivity contribution in [3.63, 3.8) is 0 Å². The summed E-state index contributed by atoms with van der Waals surface area (Å²) in [6.07, 6.45) is 13.8. The van der Waals surface area contributed by atoms with Crippen LogP contribution >= 0.6 is 0 Å². The van der Waals surface area contributed by atoms with E-state index in [-0.39, 0.29) is 11.3 Å². The molecule has 0 aliphatic heterocycles. The Bertz CT molecular complexity index is 797. The fourth-order valence-corrected chi connectivity index (χ4v) is 7.82. The van der Waals surface area contributed by atoms with Crippen LogP contribution in [-0.2, 0) is 11.3 Å². The Labute approximate surface area is 180 Å². The standard InChI is InChI=1S/C25H37N3O2/c1-3-18-6-7-21-20(19(18)5-4-12-29)10-11-25(2)22(21)8-9-23(25)24(30)16-28-15-17(13-26)14-27-28/h14-15,18-23,29H,3-12,16H2,1-2H3/t18-,19-,20+,21+,22-,23+,25-/m0/s1. The summed E-state index contributed by atoms with van der Waals surface area (Å²) in [6.45, 7) is 5.33. The minimum atomic E-state index is 0.115. The maximum Gasteiger partial charge on any atom is 0.157 e. The lowest BCUT2D eigenvalue weighted by Gasteiger charge is -2.54. The topological polar surface area (TPSA) is 78.9 Å². The highest BCUT2D eigenvalue weighted by atomic mass is 16.2. The zero-order chi connectivity index (χ0) is 21.3. The van der Waals surface area contributed by atoms with Crippen LogP contribution in [0.5, 0.6) is 0 Å². The monoisotopic (exact) mass is 411 g/mol. The molecule has 0 aromatic carbocycles. The van der Waals surface area contributed by atoms with E-state index in [1.807, 2.05) is 0 Å². The maximum atomic E-state index is 13.3. The molecule has 5 nitrogen and oxygen atoms in total. The Kier molecular flexibility index (Phi) is 6.34. The fourth-order valence-electron chi connectivity index (χ4n) is 7.82. The summed E-state index contributed by atoms with van der Waals surface area (Å²) in [4.78, 5) is 13.3. The molecule has 0 unspecified atom stereocenters. The number of aliphatic hydroxyl groups is 1. The van der Waals surface area contributed by atoms with E-state index < -0.39 is 0 Å². The van der Waals surface area contributed by atoms with Crippen LogP contribution in [0.1, 0.15) is 77.2 Å². The van der Waals surface area contributed by atoms with Crippen molar-refractivity contribution >= 4 is 5.78 Å². The molecule has 0 radical (unpaired) electrons. The first kappa shape index (κ1) is 21.6.